The number of rotatable bonds is 5. The van der Waals surface area contributed by atoms with Crippen LogP contribution in [0, 0.1) is 0 Å². The highest BCUT2D eigenvalue weighted by molar-refractivity contribution is 6.34. The second kappa shape index (κ2) is 8.43. The number of hydrogen-bond acceptors (Lipinski definition) is 4. The number of amides is 2. The Morgan fingerprint density at radius 2 is 1.94 bits per heavy atom. The van der Waals surface area contributed by atoms with Gasteiger partial charge in [0.1, 0.15) is 0 Å². The van der Waals surface area contributed by atoms with Crippen molar-refractivity contribution in [1.82, 2.24) is 14.8 Å². The van der Waals surface area contributed by atoms with E-state index < -0.39 is 0 Å². The Labute approximate surface area is 189 Å². The molecule has 7 nitrogen and oxygen atoms in total. The molecule has 0 radical (unpaired) electrons. The molecule has 0 atom stereocenters. The summed E-state index contributed by atoms with van der Waals surface area (Å²) < 4.78 is 1.81. The average molecular weight is 446 g/mol. The third-order valence-corrected chi connectivity index (χ3v) is 5.83. The monoisotopic (exact) mass is 445 g/mol. The molecule has 32 heavy (non-hydrogen) atoms. The van der Waals surface area contributed by atoms with E-state index in [4.69, 9.17) is 11.6 Å². The summed E-state index contributed by atoms with van der Waals surface area (Å²) in [5.41, 5.74) is 3.40. The SMILES string of the molecule is O=C(Nc1cc(N2CCCC2=O)ccc1Cl)c1cnc2c(cnn2Cc2ccccc2)c1. The summed E-state index contributed by atoms with van der Waals surface area (Å²) in [5.74, 6) is -0.256. The second-order valence-corrected chi connectivity index (χ2v) is 8.10. The molecular weight excluding hydrogens is 426 g/mol. The Hall–Kier alpha value is -3.71. The Bertz CT molecular complexity index is 1320. The van der Waals surface area contributed by atoms with Gasteiger partial charge < -0.3 is 10.2 Å². The molecule has 1 aliphatic rings. The van der Waals surface area contributed by atoms with Crippen molar-refractivity contribution >= 4 is 45.8 Å². The fraction of sp³-hybridized carbons (Fsp3) is 0.167. The number of benzene rings is 2. The van der Waals surface area contributed by atoms with E-state index in [9.17, 15) is 9.59 Å². The van der Waals surface area contributed by atoms with Gasteiger partial charge in [0.15, 0.2) is 5.65 Å². The van der Waals surface area contributed by atoms with E-state index in [2.05, 4.69) is 15.4 Å². The molecule has 4 aromatic rings. The summed E-state index contributed by atoms with van der Waals surface area (Å²) in [6.07, 6.45) is 4.60. The topological polar surface area (TPSA) is 80.1 Å². The summed E-state index contributed by atoms with van der Waals surface area (Å²) in [5, 5.41) is 8.43. The number of nitrogens with one attached hydrogen (secondary N) is 1. The minimum atomic E-state index is -0.331. The lowest BCUT2D eigenvalue weighted by atomic mass is 10.2. The summed E-state index contributed by atoms with van der Waals surface area (Å²) in [7, 11) is 0. The van der Waals surface area contributed by atoms with Crippen molar-refractivity contribution in [2.75, 3.05) is 16.8 Å². The van der Waals surface area contributed by atoms with Gasteiger partial charge in [0, 0.05) is 30.2 Å². The van der Waals surface area contributed by atoms with Crippen LogP contribution >= 0.6 is 11.6 Å². The molecule has 2 aromatic heterocycles. The van der Waals surface area contributed by atoms with Gasteiger partial charge in [-0.1, -0.05) is 41.9 Å². The van der Waals surface area contributed by atoms with Crippen LogP contribution in [0.5, 0.6) is 0 Å². The first-order valence-corrected chi connectivity index (χ1v) is 10.7. The number of hydrogen-bond donors (Lipinski definition) is 1. The predicted molar refractivity (Wildman–Crippen MR) is 124 cm³/mol. The van der Waals surface area contributed by atoms with Crippen LogP contribution in [0.4, 0.5) is 11.4 Å². The van der Waals surface area contributed by atoms with E-state index in [1.807, 2.05) is 30.3 Å². The molecule has 0 saturated carbocycles. The molecule has 1 fully saturated rings. The Balaban J connectivity index is 1.37. The largest absolute Gasteiger partial charge is 0.321 e. The summed E-state index contributed by atoms with van der Waals surface area (Å²) >= 11 is 6.30. The van der Waals surface area contributed by atoms with Gasteiger partial charge >= 0.3 is 0 Å². The first-order valence-electron chi connectivity index (χ1n) is 10.4. The summed E-state index contributed by atoms with van der Waals surface area (Å²) in [6, 6.07) is 17.0. The average Bonchev–Trinajstić information content (AvgIpc) is 3.41. The Kier molecular flexibility index (Phi) is 5.33. The van der Waals surface area contributed by atoms with E-state index in [0.717, 1.165) is 23.1 Å². The van der Waals surface area contributed by atoms with Gasteiger partial charge in [-0.25, -0.2) is 9.67 Å². The van der Waals surface area contributed by atoms with E-state index in [1.54, 1.807) is 40.0 Å². The van der Waals surface area contributed by atoms with Crippen LogP contribution in [-0.2, 0) is 11.3 Å². The standard InChI is InChI=1S/C24H20ClN5O2/c25-20-9-8-19(29-10-4-7-22(29)31)12-21(20)28-24(32)18-11-17-14-27-30(23(17)26-13-18)15-16-5-2-1-3-6-16/h1-3,5-6,8-9,11-14H,4,7,10,15H2,(H,28,32). The molecule has 0 unspecified atom stereocenters. The van der Waals surface area contributed by atoms with Crippen molar-refractivity contribution in [3.05, 3.63) is 83.1 Å². The number of halogens is 1. The van der Waals surface area contributed by atoms with Crippen LogP contribution in [0.1, 0.15) is 28.8 Å². The molecule has 1 aliphatic heterocycles. The maximum Gasteiger partial charge on any atom is 0.257 e. The smallest absolute Gasteiger partial charge is 0.257 e. The van der Waals surface area contributed by atoms with Crippen LogP contribution in [0.15, 0.2) is 67.0 Å². The first-order chi connectivity index (χ1) is 15.6. The van der Waals surface area contributed by atoms with E-state index in [-0.39, 0.29) is 11.8 Å². The van der Waals surface area contributed by atoms with E-state index >= 15 is 0 Å². The normalized spacial score (nSPS) is 13.7. The highest BCUT2D eigenvalue weighted by Crippen LogP contribution is 2.30. The molecule has 0 spiro atoms. The van der Waals surface area contributed by atoms with Crippen molar-refractivity contribution in [3.8, 4) is 0 Å². The molecule has 5 rings (SSSR count). The zero-order valence-corrected chi connectivity index (χ0v) is 17.9. The molecule has 2 aromatic carbocycles. The number of anilines is 2. The number of aromatic nitrogens is 3. The summed E-state index contributed by atoms with van der Waals surface area (Å²) in [4.78, 5) is 31.1. The van der Waals surface area contributed by atoms with Gasteiger partial charge in [-0.15, -0.1) is 0 Å². The minimum Gasteiger partial charge on any atom is -0.321 e. The molecule has 0 bridgehead atoms. The molecule has 2 amide bonds. The van der Waals surface area contributed by atoms with Gasteiger partial charge in [-0.2, -0.15) is 5.10 Å². The van der Waals surface area contributed by atoms with Gasteiger partial charge in [-0.3, -0.25) is 9.59 Å². The third kappa shape index (κ3) is 3.94. The fourth-order valence-electron chi connectivity index (χ4n) is 3.86. The van der Waals surface area contributed by atoms with Crippen molar-refractivity contribution in [3.63, 3.8) is 0 Å². The summed E-state index contributed by atoms with van der Waals surface area (Å²) in [6.45, 7) is 1.27. The Morgan fingerprint density at radius 3 is 2.72 bits per heavy atom. The van der Waals surface area contributed by atoms with Gasteiger partial charge in [0.05, 0.1) is 29.0 Å². The minimum absolute atomic E-state index is 0.0757. The zero-order valence-electron chi connectivity index (χ0n) is 17.2. The van der Waals surface area contributed by atoms with Crippen molar-refractivity contribution in [2.24, 2.45) is 0 Å². The molecular formula is C24H20ClN5O2. The highest BCUT2D eigenvalue weighted by Gasteiger charge is 2.22. The molecule has 8 heteroatoms. The molecule has 160 valence electrons. The Morgan fingerprint density at radius 1 is 1.09 bits per heavy atom. The molecule has 1 saturated heterocycles. The first kappa shape index (κ1) is 20.2. The highest BCUT2D eigenvalue weighted by atomic mass is 35.5. The van der Waals surface area contributed by atoms with Crippen LogP contribution in [0.25, 0.3) is 11.0 Å². The number of fused-ring (bicyclic) bond motifs is 1. The zero-order chi connectivity index (χ0) is 22.1. The van der Waals surface area contributed by atoms with E-state index in [1.165, 1.54) is 6.20 Å². The molecule has 3 heterocycles. The lowest BCUT2D eigenvalue weighted by Crippen LogP contribution is -2.23. The maximum absolute atomic E-state index is 12.9. The third-order valence-electron chi connectivity index (χ3n) is 5.50. The number of pyridine rings is 1. The van der Waals surface area contributed by atoms with E-state index in [0.29, 0.717) is 41.4 Å². The van der Waals surface area contributed by atoms with Crippen molar-refractivity contribution < 1.29 is 9.59 Å². The van der Waals surface area contributed by atoms with Crippen LogP contribution in [-0.4, -0.2) is 33.1 Å². The van der Waals surface area contributed by atoms with Crippen LogP contribution in [0.3, 0.4) is 0 Å². The second-order valence-electron chi connectivity index (χ2n) is 7.69. The predicted octanol–water partition coefficient (Wildman–Crippen LogP) is 4.51. The number of nitrogens with zero attached hydrogens (tertiary/aromatic N) is 4. The quantitative estimate of drug-likeness (QED) is 0.490. The van der Waals surface area contributed by atoms with Crippen molar-refractivity contribution in [2.45, 2.75) is 19.4 Å². The van der Waals surface area contributed by atoms with Crippen LogP contribution in [0.2, 0.25) is 5.02 Å². The maximum atomic E-state index is 12.9. The number of carbonyl (C=O) groups is 2. The molecule has 1 N–H and O–H groups in total. The lowest BCUT2D eigenvalue weighted by molar-refractivity contribution is -0.117. The fourth-order valence-corrected chi connectivity index (χ4v) is 4.03. The molecule has 0 aliphatic carbocycles. The van der Waals surface area contributed by atoms with Crippen molar-refractivity contribution in [1.29, 1.82) is 0 Å². The van der Waals surface area contributed by atoms with Crippen LogP contribution < -0.4 is 10.2 Å². The lowest BCUT2D eigenvalue weighted by Gasteiger charge is -2.17. The number of carbonyl (C=O) groups excluding carboxylic acids is 2. The van der Waals surface area contributed by atoms with Gasteiger partial charge in [0.2, 0.25) is 5.91 Å². The van der Waals surface area contributed by atoms with Gasteiger partial charge in [0.25, 0.3) is 5.91 Å². The van der Waals surface area contributed by atoms with Gasteiger partial charge in [-0.05, 0) is 36.2 Å².